The van der Waals surface area contributed by atoms with E-state index in [0.29, 0.717) is 67.0 Å². The highest BCUT2D eigenvalue weighted by Gasteiger charge is 2.46. The van der Waals surface area contributed by atoms with Crippen LogP contribution in [0, 0.1) is 23.2 Å². The van der Waals surface area contributed by atoms with E-state index in [9.17, 15) is 63.0 Å². The number of para-hydroxylation sites is 1. The molecule has 11 amide bonds. The minimum Gasteiger partial charge on any atom is -0.394 e. The number of hydrogen-bond acceptors (Lipinski definition) is 27. The molecule has 3 heterocycles. The lowest BCUT2D eigenvalue weighted by atomic mass is 9.85. The molecule has 0 fully saturated rings. The molecule has 27 N–H and O–H groups in total. The molecule has 2 unspecified atom stereocenters. The largest absolute Gasteiger partial charge is 0.394 e. The second-order valence-electron chi connectivity index (χ2n) is 37.3. The third-order valence-electron chi connectivity index (χ3n) is 24.0. The molecule has 0 radical (unpaired) electrons. The number of allylic oxidation sites excluding steroid dienone is 4. The lowest BCUT2D eigenvalue weighted by Gasteiger charge is -2.37. The van der Waals surface area contributed by atoms with Crippen LogP contribution in [0.4, 0.5) is 0 Å². The topological polar surface area (TPSA) is 672 Å². The van der Waals surface area contributed by atoms with E-state index in [1.165, 1.54) is 13.8 Å². The van der Waals surface area contributed by atoms with Gasteiger partial charge in [0, 0.05) is 49.8 Å². The van der Waals surface area contributed by atoms with E-state index in [4.69, 9.17) is 28.3 Å². The Balaban J connectivity index is 1.73. The third-order valence-corrected chi connectivity index (χ3v) is 24.0. The number of rotatable bonds is 32. The fourth-order valence-electron chi connectivity index (χ4n) is 16.0. The number of Topliss-reactive ketones (excluding diaryl/α,β-unsaturated/α-hetero) is 7. The summed E-state index contributed by atoms with van der Waals surface area (Å²) in [7, 11) is 0. The van der Waals surface area contributed by atoms with Gasteiger partial charge in [-0.1, -0.05) is 134 Å². The van der Waals surface area contributed by atoms with Crippen molar-refractivity contribution in [1.29, 1.82) is 5.41 Å². The molecule has 136 heavy (non-hydrogen) atoms. The maximum Gasteiger partial charge on any atom is 0.243 e. The van der Waals surface area contributed by atoms with Crippen molar-refractivity contribution in [2.24, 2.45) is 40.7 Å². The Hall–Kier alpha value is -11.7. The summed E-state index contributed by atoms with van der Waals surface area (Å²) < 4.78 is 0. The van der Waals surface area contributed by atoms with E-state index < -0.39 is 239 Å². The third kappa shape index (κ3) is 38.4. The number of guanidine groups is 1. The zero-order valence-electron chi connectivity index (χ0n) is 80.3. The Bertz CT molecular complexity index is 4670. The highest BCUT2D eigenvalue weighted by atomic mass is 16.3. The van der Waals surface area contributed by atoms with Gasteiger partial charge in [0.25, 0.3) is 0 Å². The molecule has 15 atom stereocenters. The zero-order valence-corrected chi connectivity index (χ0v) is 80.3. The van der Waals surface area contributed by atoms with Crippen molar-refractivity contribution in [1.82, 2.24) is 85.4 Å². The molecule has 2 aliphatic heterocycles. The van der Waals surface area contributed by atoms with Crippen molar-refractivity contribution in [2.75, 3.05) is 13.2 Å². The summed E-state index contributed by atoms with van der Waals surface area (Å²) in [6.45, 7) is 16.3. The molecule has 5 rings (SSSR count). The number of aromatic amines is 1. The van der Waals surface area contributed by atoms with Gasteiger partial charge >= 0.3 is 0 Å². The van der Waals surface area contributed by atoms with E-state index in [1.807, 2.05) is 26.0 Å². The number of aliphatic hydroxyl groups is 2. The van der Waals surface area contributed by atoms with Crippen molar-refractivity contribution in [3.8, 4) is 0 Å². The van der Waals surface area contributed by atoms with Crippen LogP contribution in [0.5, 0.6) is 0 Å². The molecule has 3 aromatic rings. The fraction of sp³-hybridized carbons (Fsp3) is 0.611. The summed E-state index contributed by atoms with van der Waals surface area (Å²) in [5.74, 6) is -19.4. The normalized spacial score (nSPS) is 25.4. The number of hydrogen-bond donors (Lipinski definition) is 23. The molecule has 41 heteroatoms. The molecule has 0 saturated heterocycles. The number of aromatic nitrogens is 1. The van der Waals surface area contributed by atoms with Gasteiger partial charge in [0.1, 0.15) is 53.4 Å². The zero-order chi connectivity index (χ0) is 101. The van der Waals surface area contributed by atoms with Crippen molar-refractivity contribution < 1.29 is 96.5 Å². The van der Waals surface area contributed by atoms with Gasteiger partial charge in [-0.15, -0.1) is 0 Å². The summed E-state index contributed by atoms with van der Waals surface area (Å²) in [4.78, 5) is 262. The van der Waals surface area contributed by atoms with Gasteiger partial charge in [0.15, 0.2) is 11.7 Å². The van der Waals surface area contributed by atoms with Gasteiger partial charge in [-0.2, -0.15) is 0 Å². The predicted octanol–water partition coefficient (Wildman–Crippen LogP) is 0.672. The molecule has 2 aromatic carbocycles. The van der Waals surface area contributed by atoms with Crippen molar-refractivity contribution >= 4 is 122 Å². The SMILES string of the molecule is CC(=O)N[C@@H](CCC(N)=O)C(=O)C(=O)[C@H](CO)NN[C@]1(C)CCC/C=C\CCC[C@@]2(CCCC=CCCCCCC[C@@](C)(C(C)=O)NN[C@@H](CC(C)C)C(=O)C(=O)[C@H](CC(C)C)NC(=O)C(CCCNC(=N)N)NC(=O)[C@H](Cc3c[nH]c4ccccc34)NC(=O)C(CC(C)C)NC(=O)[C@H](CC(N)=O)NC2=O)NN[C@@H](Cc2ccccc2)C(=O)C(=O)[C@H]([C@@H](C)O)NC(=O)[C@H](CCC(N)=O)NC1=O. The maximum atomic E-state index is 16.3. The highest BCUT2D eigenvalue weighted by Crippen LogP contribution is 2.28. The number of H-pyrrole nitrogens is 1. The number of nitrogens with one attached hydrogen (secondary N) is 17. The average molecular weight is 1900 g/mol. The second kappa shape index (κ2) is 57.3. The molecule has 0 aliphatic carbocycles. The first-order valence-corrected chi connectivity index (χ1v) is 47.1. The van der Waals surface area contributed by atoms with Crippen LogP contribution >= 0.6 is 0 Å². The van der Waals surface area contributed by atoms with Gasteiger partial charge in [-0.05, 0) is 191 Å². The number of benzene rings is 2. The lowest BCUT2D eigenvalue weighted by molar-refractivity contribution is -0.143. The van der Waals surface area contributed by atoms with E-state index in [-0.39, 0.29) is 120 Å². The summed E-state index contributed by atoms with van der Waals surface area (Å²) >= 11 is 0. The van der Waals surface area contributed by atoms with E-state index in [0.717, 1.165) is 13.8 Å². The number of ketones is 7. The number of amides is 11. The van der Waals surface area contributed by atoms with Gasteiger partial charge in [-0.3, -0.25) is 91.7 Å². The standard InChI is InChI=1S/C95H147N21O20/c1-55(2)47-68-80(125)81(126)69(48-56(3)4)111-114-93(10,59(8)119)42-28-19-15-13-12-14-16-21-30-44-95(91(136)109-73(52-77(98)123)89(134)106-71(49-57(5)6)87(132)107-72(51-62-53-102-64-36-27-26-35-63(62)64)88(133)104-66(85(130)105-68)37-32-46-101-92(99)100)45-31-22-18-17-20-29-43-94(11,115-113-74(54-117)83(128)79(124)65(103-60(9)120)38-40-75(96)121)90(135)108-67(39-41-76(97)122)86(131)110-78(58(7)118)84(129)82(127)70(112-116-95)50-61-33-24-23-25-34-61/h14,16-18,23-27,33-36,53,55-58,65-74,78,102,111-118H,12-13,15,19-22,28-32,37-52,54H2,1-11H3,(H2,96,121)(H2,97,122)(H2,98,123)(H,103,120)(H,104,133)(H,105,130)(H,106,134)(H,107,132)(H,108,135)(H,109,136)(H,110,131)(H4,99,100,101)/b16-14?,18-17-/t58-,65+,66?,67+,68+,69+,70+,71?,72+,73+,74+,78+,93+,94-,95-/m1/s1. The number of carbonyl (C=O) groups is 18. The smallest absolute Gasteiger partial charge is 0.243 e. The van der Waals surface area contributed by atoms with Gasteiger partial charge in [-0.25, -0.2) is 32.6 Å². The number of hydrazine groups is 3. The monoisotopic (exact) mass is 1900 g/mol. The van der Waals surface area contributed by atoms with E-state index in [2.05, 4.69) is 85.4 Å². The minimum atomic E-state index is -2.12. The Labute approximate surface area is 794 Å². The van der Waals surface area contributed by atoms with Crippen LogP contribution in [0.1, 0.15) is 248 Å². The van der Waals surface area contributed by atoms with Crippen molar-refractivity contribution in [2.45, 2.75) is 339 Å². The summed E-state index contributed by atoms with van der Waals surface area (Å²) in [6, 6.07) is -2.92. The molecular weight excluding hydrogens is 1760 g/mol. The number of nitrogens with two attached hydrogens (primary N) is 4. The van der Waals surface area contributed by atoms with Crippen LogP contribution in [-0.4, -0.2) is 229 Å². The summed E-state index contributed by atoms with van der Waals surface area (Å²) in [5, 5.41) is 54.4. The van der Waals surface area contributed by atoms with Crippen LogP contribution in [-0.2, 0) is 99.1 Å². The molecule has 1 spiro atoms. The predicted molar refractivity (Wildman–Crippen MR) is 508 cm³/mol. The Morgan fingerprint density at radius 2 is 1.00 bits per heavy atom. The summed E-state index contributed by atoms with van der Waals surface area (Å²) in [5.41, 5.74) is 36.5. The van der Waals surface area contributed by atoms with Crippen LogP contribution < -0.4 is 103 Å². The first kappa shape index (κ1) is 115. The maximum absolute atomic E-state index is 16.3. The van der Waals surface area contributed by atoms with Crippen LogP contribution in [0.3, 0.4) is 0 Å². The van der Waals surface area contributed by atoms with Crippen molar-refractivity contribution in [3.05, 3.63) is 96.2 Å². The van der Waals surface area contributed by atoms with Gasteiger partial charge in [0.05, 0.1) is 48.8 Å². The van der Waals surface area contributed by atoms with Gasteiger partial charge in [0.2, 0.25) is 99.7 Å². The van der Waals surface area contributed by atoms with Crippen LogP contribution in [0.15, 0.2) is 85.1 Å². The molecule has 752 valence electrons. The van der Waals surface area contributed by atoms with Crippen LogP contribution in [0.25, 0.3) is 10.9 Å². The second-order valence-corrected chi connectivity index (χ2v) is 37.3. The Kier molecular flexibility index (Phi) is 48.4. The van der Waals surface area contributed by atoms with Crippen LogP contribution in [0.2, 0.25) is 0 Å². The molecular formula is C95H147N21O20. The number of primary amides is 3. The van der Waals surface area contributed by atoms with Crippen molar-refractivity contribution in [3.63, 3.8) is 0 Å². The quantitative estimate of drug-likeness (QED) is 0.0102. The molecule has 41 nitrogen and oxygen atoms in total. The Morgan fingerprint density at radius 3 is 1.59 bits per heavy atom. The number of carbonyl (C=O) groups excluding carboxylic acids is 18. The molecule has 0 bridgehead atoms. The summed E-state index contributed by atoms with van der Waals surface area (Å²) in [6.07, 6.45) is 7.60. The van der Waals surface area contributed by atoms with E-state index in [1.54, 1.807) is 108 Å². The highest BCUT2D eigenvalue weighted by molar-refractivity contribution is 6.42. The molecule has 0 saturated carbocycles. The lowest BCUT2D eigenvalue weighted by Crippen LogP contribution is -2.67. The van der Waals surface area contributed by atoms with E-state index >= 15 is 33.6 Å². The molecule has 1 aromatic heterocycles. The average Bonchev–Trinajstić information content (AvgIpc) is 1.75. The minimum absolute atomic E-state index is 0.0282. The van der Waals surface area contributed by atoms with Gasteiger partial charge < -0.3 is 86.0 Å². The number of fused-ring (bicyclic) bond motifs is 1. The fourth-order valence-corrected chi connectivity index (χ4v) is 16.0. The molecule has 2 aliphatic rings. The first-order chi connectivity index (χ1) is 64.2. The first-order valence-electron chi connectivity index (χ1n) is 47.1. The Morgan fingerprint density at radius 1 is 0.500 bits per heavy atom. The number of aliphatic hydroxyl groups excluding tert-OH is 2.